The van der Waals surface area contributed by atoms with Crippen molar-refractivity contribution in [1.29, 1.82) is 0 Å². The van der Waals surface area contributed by atoms with Gasteiger partial charge < -0.3 is 10.2 Å². The van der Waals surface area contributed by atoms with E-state index in [0.29, 0.717) is 12.1 Å². The second-order valence-electron chi connectivity index (χ2n) is 5.67. The van der Waals surface area contributed by atoms with E-state index in [1.807, 2.05) is 0 Å². The van der Waals surface area contributed by atoms with Crippen LogP contribution in [0.5, 0.6) is 0 Å². The predicted octanol–water partition coefficient (Wildman–Crippen LogP) is 3.38. The Kier molecular flexibility index (Phi) is 5.41. The Morgan fingerprint density at radius 1 is 1.26 bits per heavy atom. The van der Waals surface area contributed by atoms with Gasteiger partial charge >= 0.3 is 0 Å². The molecule has 1 aromatic rings. The molecule has 0 aliphatic heterocycles. The number of hydrogen-bond donors (Lipinski definition) is 1. The van der Waals surface area contributed by atoms with Crippen LogP contribution in [0.3, 0.4) is 0 Å². The lowest BCUT2D eigenvalue weighted by Crippen LogP contribution is -2.45. The molecule has 1 aromatic carbocycles. The Morgan fingerprint density at radius 3 is 2.79 bits per heavy atom. The number of aryl methyl sites for hydroxylation is 1. The summed E-state index contributed by atoms with van der Waals surface area (Å²) in [5, 5.41) is 3.71. The van der Waals surface area contributed by atoms with Crippen molar-refractivity contribution in [3.8, 4) is 0 Å². The van der Waals surface area contributed by atoms with Crippen molar-refractivity contribution >= 4 is 0 Å². The second kappa shape index (κ2) is 7.06. The van der Waals surface area contributed by atoms with Gasteiger partial charge in [0.1, 0.15) is 0 Å². The van der Waals surface area contributed by atoms with E-state index >= 15 is 0 Å². The topological polar surface area (TPSA) is 15.3 Å². The zero-order valence-electron chi connectivity index (χ0n) is 12.7. The minimum atomic E-state index is 0.497. The molecule has 0 aromatic heterocycles. The Bertz CT molecular complexity index is 389. The lowest BCUT2D eigenvalue weighted by Gasteiger charge is -2.39. The number of nitrogens with zero attached hydrogens (tertiary/aromatic N) is 1. The highest BCUT2D eigenvalue weighted by Gasteiger charge is 2.30. The van der Waals surface area contributed by atoms with Crippen molar-refractivity contribution < 1.29 is 0 Å². The third kappa shape index (κ3) is 3.37. The molecule has 0 heterocycles. The first-order valence-corrected chi connectivity index (χ1v) is 7.79. The van der Waals surface area contributed by atoms with Gasteiger partial charge in [0.25, 0.3) is 0 Å². The fourth-order valence-corrected chi connectivity index (χ4v) is 3.26. The number of unbranched alkanes of at least 4 members (excludes halogenated alkanes) is 1. The molecule has 1 aliphatic rings. The molecule has 2 rings (SSSR count). The van der Waals surface area contributed by atoms with E-state index in [0.717, 1.165) is 6.54 Å². The van der Waals surface area contributed by atoms with Gasteiger partial charge in [-0.1, -0.05) is 44.5 Å². The second-order valence-corrected chi connectivity index (χ2v) is 5.67. The first-order chi connectivity index (χ1) is 9.27. The molecule has 0 radical (unpaired) electrons. The van der Waals surface area contributed by atoms with Gasteiger partial charge in [0.2, 0.25) is 0 Å². The Balaban J connectivity index is 2.16. The maximum atomic E-state index is 3.71. The normalized spacial score (nSPS) is 22.5. The standard InChI is InChI=1S/C17H28N2/c1-4-6-13-19(3)16-12-11-14-9-7-8-10-15(14)17(16)18-5-2/h7-10,16-18H,4-6,11-13H2,1-3H3. The van der Waals surface area contributed by atoms with Gasteiger partial charge in [-0.15, -0.1) is 0 Å². The molecule has 2 heteroatoms. The van der Waals surface area contributed by atoms with Crippen molar-refractivity contribution in [2.45, 2.75) is 51.6 Å². The molecule has 0 saturated heterocycles. The highest BCUT2D eigenvalue weighted by Crippen LogP contribution is 2.32. The molecule has 1 N–H and O–H groups in total. The molecule has 1 aliphatic carbocycles. The average Bonchev–Trinajstić information content (AvgIpc) is 2.45. The zero-order chi connectivity index (χ0) is 13.7. The van der Waals surface area contributed by atoms with Crippen LogP contribution in [0.1, 0.15) is 50.3 Å². The number of rotatable bonds is 6. The summed E-state index contributed by atoms with van der Waals surface area (Å²) in [5.74, 6) is 0. The minimum absolute atomic E-state index is 0.497. The zero-order valence-corrected chi connectivity index (χ0v) is 12.7. The van der Waals surface area contributed by atoms with Crippen molar-refractivity contribution in [3.63, 3.8) is 0 Å². The van der Waals surface area contributed by atoms with E-state index in [1.165, 1.54) is 43.4 Å². The molecule has 2 nitrogen and oxygen atoms in total. The van der Waals surface area contributed by atoms with Crippen LogP contribution in [0.15, 0.2) is 24.3 Å². The van der Waals surface area contributed by atoms with Crippen molar-refractivity contribution in [2.75, 3.05) is 20.1 Å². The summed E-state index contributed by atoms with van der Waals surface area (Å²) in [5.41, 5.74) is 3.05. The maximum Gasteiger partial charge on any atom is 0.0480 e. The summed E-state index contributed by atoms with van der Waals surface area (Å²) >= 11 is 0. The van der Waals surface area contributed by atoms with Crippen LogP contribution in [0.2, 0.25) is 0 Å². The van der Waals surface area contributed by atoms with E-state index in [4.69, 9.17) is 0 Å². The molecule has 0 fully saturated rings. The van der Waals surface area contributed by atoms with E-state index in [1.54, 1.807) is 0 Å². The van der Waals surface area contributed by atoms with Crippen LogP contribution >= 0.6 is 0 Å². The molecule has 19 heavy (non-hydrogen) atoms. The first kappa shape index (κ1) is 14.5. The van der Waals surface area contributed by atoms with Gasteiger partial charge in [-0.25, -0.2) is 0 Å². The fourth-order valence-electron chi connectivity index (χ4n) is 3.26. The summed E-state index contributed by atoms with van der Waals surface area (Å²) < 4.78 is 0. The van der Waals surface area contributed by atoms with Gasteiger partial charge in [0, 0.05) is 12.1 Å². The van der Waals surface area contributed by atoms with Crippen LogP contribution in [0, 0.1) is 0 Å². The molecule has 0 saturated carbocycles. The van der Waals surface area contributed by atoms with Crippen LogP contribution in [0.4, 0.5) is 0 Å². The van der Waals surface area contributed by atoms with E-state index in [9.17, 15) is 0 Å². The number of nitrogens with one attached hydrogen (secondary N) is 1. The lowest BCUT2D eigenvalue weighted by molar-refractivity contribution is 0.172. The van der Waals surface area contributed by atoms with E-state index < -0.39 is 0 Å². The van der Waals surface area contributed by atoms with Crippen molar-refractivity contribution in [3.05, 3.63) is 35.4 Å². The van der Waals surface area contributed by atoms with Gasteiger partial charge in [0.05, 0.1) is 0 Å². The Hall–Kier alpha value is -0.860. The third-order valence-corrected chi connectivity index (χ3v) is 4.34. The first-order valence-electron chi connectivity index (χ1n) is 7.79. The van der Waals surface area contributed by atoms with Gasteiger partial charge in [-0.3, -0.25) is 0 Å². The summed E-state index contributed by atoms with van der Waals surface area (Å²) in [7, 11) is 2.29. The van der Waals surface area contributed by atoms with Crippen molar-refractivity contribution in [2.24, 2.45) is 0 Å². The Labute approximate surface area is 118 Å². The maximum absolute atomic E-state index is 3.71. The molecule has 2 unspecified atom stereocenters. The van der Waals surface area contributed by atoms with Gasteiger partial charge in [0.15, 0.2) is 0 Å². The van der Waals surface area contributed by atoms with Crippen molar-refractivity contribution in [1.82, 2.24) is 10.2 Å². The highest BCUT2D eigenvalue weighted by atomic mass is 15.2. The number of hydrogen-bond acceptors (Lipinski definition) is 2. The monoisotopic (exact) mass is 260 g/mol. The summed E-state index contributed by atoms with van der Waals surface area (Å²) in [6.07, 6.45) is 5.07. The number of benzene rings is 1. The summed E-state index contributed by atoms with van der Waals surface area (Å²) in [4.78, 5) is 2.56. The SMILES string of the molecule is CCCCN(C)C1CCc2ccccc2C1NCC. The molecule has 0 bridgehead atoms. The average molecular weight is 260 g/mol. The molecule has 106 valence electrons. The lowest BCUT2D eigenvalue weighted by atomic mass is 9.83. The molecule has 0 spiro atoms. The summed E-state index contributed by atoms with van der Waals surface area (Å²) in [6.45, 7) is 6.73. The number of likely N-dealkylation sites (N-methyl/N-ethyl adjacent to an activating group) is 2. The predicted molar refractivity (Wildman–Crippen MR) is 82.5 cm³/mol. The number of fused-ring (bicyclic) bond motifs is 1. The van der Waals surface area contributed by atoms with Crippen LogP contribution in [0.25, 0.3) is 0 Å². The van der Waals surface area contributed by atoms with E-state index in [2.05, 4.69) is 55.4 Å². The third-order valence-electron chi connectivity index (χ3n) is 4.34. The van der Waals surface area contributed by atoms with Crippen LogP contribution in [-0.2, 0) is 6.42 Å². The highest BCUT2D eigenvalue weighted by molar-refractivity contribution is 5.34. The van der Waals surface area contributed by atoms with Crippen LogP contribution in [-0.4, -0.2) is 31.1 Å². The summed E-state index contributed by atoms with van der Waals surface area (Å²) in [6, 6.07) is 10.1. The van der Waals surface area contributed by atoms with E-state index in [-0.39, 0.29) is 0 Å². The minimum Gasteiger partial charge on any atom is -0.309 e. The van der Waals surface area contributed by atoms with Gasteiger partial charge in [-0.2, -0.15) is 0 Å². The quantitative estimate of drug-likeness (QED) is 0.843. The largest absolute Gasteiger partial charge is 0.309 e. The van der Waals surface area contributed by atoms with Gasteiger partial charge in [-0.05, 0) is 50.5 Å². The van der Waals surface area contributed by atoms with Crippen LogP contribution < -0.4 is 5.32 Å². The Morgan fingerprint density at radius 2 is 2.05 bits per heavy atom. The molecule has 2 atom stereocenters. The molecular weight excluding hydrogens is 232 g/mol. The molecular formula is C17H28N2. The smallest absolute Gasteiger partial charge is 0.0480 e. The molecule has 0 amide bonds. The fraction of sp³-hybridized carbons (Fsp3) is 0.647.